The molecule has 0 saturated carbocycles. The molecule has 0 spiro atoms. The van der Waals surface area contributed by atoms with E-state index in [9.17, 15) is 30.6 Å². The van der Waals surface area contributed by atoms with Gasteiger partial charge in [0.1, 0.15) is 37.4 Å². The summed E-state index contributed by atoms with van der Waals surface area (Å²) in [6.07, 6.45) is -7.42. The molecule has 0 aromatic carbocycles. The number of ether oxygens (including phenoxy) is 1. The molecule has 0 radical (unpaired) electrons. The zero-order valence-corrected chi connectivity index (χ0v) is 19.2. The fourth-order valence-electron chi connectivity index (χ4n) is 3.69. The summed E-state index contributed by atoms with van der Waals surface area (Å²) in [6.45, 7) is 10.1. The van der Waals surface area contributed by atoms with E-state index in [4.69, 9.17) is 4.74 Å². The monoisotopic (exact) mass is 452 g/mol. The van der Waals surface area contributed by atoms with Crippen molar-refractivity contribution >= 4 is 0 Å². The van der Waals surface area contributed by atoms with Gasteiger partial charge in [0.05, 0.1) is 26.7 Å². The van der Waals surface area contributed by atoms with Crippen LogP contribution in [0, 0.1) is 0 Å². The average molecular weight is 453 g/mol. The molecule has 31 heavy (non-hydrogen) atoms. The van der Waals surface area contributed by atoms with Crippen molar-refractivity contribution in [2.24, 2.45) is 0 Å². The summed E-state index contributed by atoms with van der Waals surface area (Å²) in [5.41, 5.74) is 0. The Morgan fingerprint density at radius 1 is 0.484 bits per heavy atom. The van der Waals surface area contributed by atoms with E-state index in [-0.39, 0.29) is 26.7 Å². The number of hydrogen-bond acceptors (Lipinski definition) is 13. The van der Waals surface area contributed by atoms with Crippen LogP contribution in [-0.2, 0) is 4.74 Å². The predicted octanol–water partition coefficient (Wildman–Crippen LogP) is -2.73. The first-order chi connectivity index (χ1) is 14.3. The Labute approximate surface area is 183 Å². The van der Waals surface area contributed by atoms with Gasteiger partial charge in [-0.3, -0.25) is 9.80 Å². The molecule has 6 unspecified atom stereocenters. The maximum Gasteiger partial charge on any atom is 0.178 e. The molecule has 184 valence electrons. The minimum Gasteiger partial charge on any atom is -0.379 e. The molecule has 2 rings (SSSR count). The van der Waals surface area contributed by atoms with Crippen LogP contribution >= 0.6 is 0 Å². The van der Waals surface area contributed by atoms with Crippen LogP contribution in [0.1, 0.15) is 41.5 Å². The Balaban J connectivity index is 2.38. The Kier molecular flexibility index (Phi) is 9.54. The van der Waals surface area contributed by atoms with Crippen molar-refractivity contribution in [2.75, 3.05) is 26.7 Å². The summed E-state index contributed by atoms with van der Waals surface area (Å²) in [4.78, 5) is 9.48. The molecule has 13 heteroatoms. The topological polar surface area (TPSA) is 150 Å². The van der Waals surface area contributed by atoms with Crippen molar-refractivity contribution in [3.63, 3.8) is 0 Å². The van der Waals surface area contributed by atoms with E-state index in [1.165, 1.54) is 0 Å². The van der Waals surface area contributed by atoms with Gasteiger partial charge < -0.3 is 35.4 Å². The van der Waals surface area contributed by atoms with Gasteiger partial charge in [-0.1, -0.05) is 0 Å². The maximum atomic E-state index is 10.4. The molecule has 2 aliphatic heterocycles. The highest BCUT2D eigenvalue weighted by Crippen LogP contribution is 2.28. The minimum absolute atomic E-state index is 0.166. The second kappa shape index (κ2) is 11.1. The van der Waals surface area contributed by atoms with Crippen LogP contribution in [0.25, 0.3) is 0 Å². The number of rotatable bonds is 8. The number of hydrogen-bond donors (Lipinski definition) is 6. The zero-order valence-electron chi connectivity index (χ0n) is 19.2. The van der Waals surface area contributed by atoms with Gasteiger partial charge in [0.25, 0.3) is 0 Å². The summed E-state index contributed by atoms with van der Waals surface area (Å²) in [5, 5.41) is 61.7. The van der Waals surface area contributed by atoms with Crippen LogP contribution in [0.2, 0.25) is 0 Å². The Morgan fingerprint density at radius 2 is 0.710 bits per heavy atom. The van der Waals surface area contributed by atoms with E-state index in [1.807, 2.05) is 0 Å². The first kappa shape index (κ1) is 26.7. The molecule has 2 heterocycles. The van der Waals surface area contributed by atoms with Crippen molar-refractivity contribution in [1.82, 2.24) is 29.4 Å². The van der Waals surface area contributed by atoms with Crippen molar-refractivity contribution < 1.29 is 35.4 Å². The summed E-state index contributed by atoms with van der Waals surface area (Å²) in [7, 11) is 0. The lowest BCUT2D eigenvalue weighted by atomic mass is 10.3. The zero-order chi connectivity index (χ0) is 23.6. The summed E-state index contributed by atoms with van der Waals surface area (Å²) >= 11 is 0. The number of nitrogens with zero attached hydrogens (tertiary/aromatic N) is 6. The van der Waals surface area contributed by atoms with Crippen molar-refractivity contribution in [3.05, 3.63) is 0 Å². The average Bonchev–Trinajstić information content (AvgIpc) is 2.66. The quantitative estimate of drug-likeness (QED) is 0.226. The lowest BCUT2D eigenvalue weighted by Gasteiger charge is -2.55. The molecular formula is C18H40N6O7. The van der Waals surface area contributed by atoms with E-state index in [2.05, 4.69) is 0 Å². The van der Waals surface area contributed by atoms with Gasteiger partial charge in [0, 0.05) is 0 Å². The largest absolute Gasteiger partial charge is 0.379 e. The van der Waals surface area contributed by atoms with Crippen LogP contribution < -0.4 is 0 Å². The Hall–Kier alpha value is -0.520. The van der Waals surface area contributed by atoms with E-state index < -0.39 is 50.1 Å². The van der Waals surface area contributed by atoms with Gasteiger partial charge in [-0.25, -0.2) is 19.6 Å². The summed E-state index contributed by atoms with van der Waals surface area (Å²) in [5.74, 6) is 0. The van der Waals surface area contributed by atoms with E-state index in [0.29, 0.717) is 0 Å². The molecule has 0 aromatic rings. The van der Waals surface area contributed by atoms with E-state index in [1.54, 1.807) is 70.9 Å². The van der Waals surface area contributed by atoms with Gasteiger partial charge in [-0.2, -0.15) is 0 Å². The maximum absolute atomic E-state index is 10.4. The highest BCUT2D eigenvalue weighted by Gasteiger charge is 2.45. The fourth-order valence-corrected chi connectivity index (χ4v) is 3.69. The van der Waals surface area contributed by atoms with Gasteiger partial charge in [0.15, 0.2) is 12.7 Å². The third kappa shape index (κ3) is 6.29. The molecule has 6 atom stereocenters. The van der Waals surface area contributed by atoms with Gasteiger partial charge in [-0.15, -0.1) is 0 Å². The van der Waals surface area contributed by atoms with E-state index in [0.717, 1.165) is 0 Å². The number of aliphatic hydroxyl groups excluding tert-OH is 6. The molecular weight excluding hydrogens is 412 g/mol. The molecule has 0 aliphatic carbocycles. The van der Waals surface area contributed by atoms with Gasteiger partial charge in [-0.05, 0) is 41.5 Å². The molecule has 0 aromatic heterocycles. The molecule has 2 aliphatic rings. The second-order valence-electron chi connectivity index (χ2n) is 8.38. The van der Waals surface area contributed by atoms with Crippen molar-refractivity contribution in [2.45, 2.75) is 91.6 Å². The molecule has 2 fully saturated rings. The molecule has 2 saturated heterocycles. The predicted molar refractivity (Wildman–Crippen MR) is 109 cm³/mol. The molecule has 0 amide bonds. The SMILES string of the molecule is CC(O)N1CN(C(C)O)C(OC2N(C(C)O)CN(C(C)O)CN2C(C)O)N(C(C)O)C1. The smallest absolute Gasteiger partial charge is 0.178 e. The lowest BCUT2D eigenvalue weighted by Crippen LogP contribution is -2.72. The first-order valence-corrected chi connectivity index (χ1v) is 10.6. The van der Waals surface area contributed by atoms with Gasteiger partial charge in [0.2, 0.25) is 0 Å². The number of aliphatic hydroxyl groups is 6. The normalized spacial score (nSPS) is 32.5. The highest BCUT2D eigenvalue weighted by atomic mass is 16.6. The van der Waals surface area contributed by atoms with Crippen LogP contribution in [-0.4, -0.2) is 137 Å². The van der Waals surface area contributed by atoms with Crippen molar-refractivity contribution in [1.29, 1.82) is 0 Å². The molecule has 6 N–H and O–H groups in total. The highest BCUT2D eigenvalue weighted by molar-refractivity contribution is 4.80. The van der Waals surface area contributed by atoms with Crippen molar-refractivity contribution in [3.8, 4) is 0 Å². The first-order valence-electron chi connectivity index (χ1n) is 10.6. The fraction of sp³-hybridized carbons (Fsp3) is 1.00. The van der Waals surface area contributed by atoms with Crippen LogP contribution in [0.15, 0.2) is 0 Å². The van der Waals surface area contributed by atoms with E-state index >= 15 is 0 Å². The van der Waals surface area contributed by atoms with Crippen LogP contribution in [0.3, 0.4) is 0 Å². The second-order valence-corrected chi connectivity index (χ2v) is 8.38. The standard InChI is InChI=1S/C18H40N6O7/c1-11(25)19-7-21(13(3)27)17(22(8-19)14(4)28)31-18-23(15(5)29)9-20(12(2)26)10-24(18)16(6)30/h11-18,25-30H,7-10H2,1-6H3. The lowest BCUT2D eigenvalue weighted by molar-refractivity contribution is -0.364. The minimum atomic E-state index is -0.981. The summed E-state index contributed by atoms with van der Waals surface area (Å²) < 4.78 is 6.33. The molecule has 0 bridgehead atoms. The van der Waals surface area contributed by atoms with Crippen LogP contribution in [0.5, 0.6) is 0 Å². The summed E-state index contributed by atoms with van der Waals surface area (Å²) in [6, 6.07) is 0. The third-order valence-electron chi connectivity index (χ3n) is 5.73. The van der Waals surface area contributed by atoms with Gasteiger partial charge >= 0.3 is 0 Å². The van der Waals surface area contributed by atoms with Crippen LogP contribution in [0.4, 0.5) is 0 Å². The Morgan fingerprint density at radius 3 is 0.871 bits per heavy atom. The molecule has 13 nitrogen and oxygen atoms in total. The third-order valence-corrected chi connectivity index (χ3v) is 5.73. The Bertz CT molecular complexity index is 471.